The Bertz CT molecular complexity index is 718. The molecule has 22 heavy (non-hydrogen) atoms. The van der Waals surface area contributed by atoms with Crippen LogP contribution in [0.25, 0.3) is 12.2 Å². The monoisotopic (exact) mass is 427 g/mol. The molecule has 5 nitrogen and oxygen atoms in total. The minimum atomic E-state index is 0.0876. The van der Waals surface area contributed by atoms with Crippen LogP contribution >= 0.6 is 31.9 Å². The van der Waals surface area contributed by atoms with Gasteiger partial charge in [0.05, 0.1) is 17.3 Å². The van der Waals surface area contributed by atoms with E-state index in [0.717, 1.165) is 20.2 Å². The van der Waals surface area contributed by atoms with E-state index in [9.17, 15) is 5.11 Å². The zero-order valence-corrected chi connectivity index (χ0v) is 15.5. The van der Waals surface area contributed by atoms with E-state index >= 15 is 0 Å². The van der Waals surface area contributed by atoms with Crippen molar-refractivity contribution in [3.8, 4) is 11.5 Å². The quantitative estimate of drug-likeness (QED) is 0.798. The highest BCUT2D eigenvalue weighted by Crippen LogP contribution is 2.33. The molecule has 1 heterocycles. The molecule has 116 valence electrons. The van der Waals surface area contributed by atoms with Crippen LogP contribution in [0.2, 0.25) is 0 Å². The number of aromatic nitrogens is 2. The predicted molar refractivity (Wildman–Crippen MR) is 95.3 cm³/mol. The molecule has 0 radical (unpaired) electrons. The van der Waals surface area contributed by atoms with Crippen LogP contribution in [0, 0.1) is 0 Å². The molecule has 2 aromatic rings. The number of aromatic hydroxyl groups is 1. The number of phenolic OH excluding ortho intramolecular Hbond substituents is 1. The van der Waals surface area contributed by atoms with Crippen LogP contribution in [0.3, 0.4) is 0 Å². The lowest BCUT2D eigenvalue weighted by molar-refractivity contribution is 0.373. The van der Waals surface area contributed by atoms with Gasteiger partial charge in [-0.3, -0.25) is 0 Å². The third-order valence-corrected chi connectivity index (χ3v) is 4.18. The number of hydrogen-bond donors (Lipinski definition) is 1. The number of phenols is 1. The Morgan fingerprint density at radius 2 is 1.91 bits per heavy atom. The Labute approximate surface area is 145 Å². The van der Waals surface area contributed by atoms with E-state index < -0.39 is 0 Å². The topological polar surface area (TPSA) is 58.5 Å². The van der Waals surface area contributed by atoms with E-state index in [1.54, 1.807) is 18.3 Å². The lowest BCUT2D eigenvalue weighted by atomic mass is 10.1. The Balaban J connectivity index is 2.38. The van der Waals surface area contributed by atoms with E-state index in [-0.39, 0.29) is 5.75 Å². The summed E-state index contributed by atoms with van der Waals surface area (Å²) in [6.45, 7) is 0. The molecule has 0 bridgehead atoms. The summed E-state index contributed by atoms with van der Waals surface area (Å²) in [5.74, 6) is 1.13. The molecule has 0 spiro atoms. The molecular weight excluding hydrogens is 414 g/mol. The molecule has 1 aromatic heterocycles. The van der Waals surface area contributed by atoms with Crippen LogP contribution in [0.1, 0.15) is 11.3 Å². The molecule has 0 unspecified atom stereocenters. The maximum absolute atomic E-state index is 9.73. The van der Waals surface area contributed by atoms with Crippen molar-refractivity contribution in [3.05, 3.63) is 38.5 Å². The predicted octanol–water partition coefficient (Wildman–Crippen LogP) is 3.95. The van der Waals surface area contributed by atoms with E-state index in [1.165, 1.54) is 7.11 Å². The van der Waals surface area contributed by atoms with Crippen LogP contribution in [0.5, 0.6) is 11.5 Å². The van der Waals surface area contributed by atoms with Gasteiger partial charge >= 0.3 is 0 Å². The summed E-state index contributed by atoms with van der Waals surface area (Å²) in [5.41, 5.74) is 1.63. The van der Waals surface area contributed by atoms with Gasteiger partial charge < -0.3 is 14.7 Å². The van der Waals surface area contributed by atoms with Gasteiger partial charge in [-0.2, -0.15) is 0 Å². The van der Waals surface area contributed by atoms with Crippen LogP contribution in [0.15, 0.2) is 27.3 Å². The first-order valence-corrected chi connectivity index (χ1v) is 7.95. The van der Waals surface area contributed by atoms with Crippen molar-refractivity contribution in [1.29, 1.82) is 0 Å². The van der Waals surface area contributed by atoms with Gasteiger partial charge in [0.2, 0.25) is 5.95 Å². The van der Waals surface area contributed by atoms with Crippen molar-refractivity contribution >= 4 is 50.0 Å². The van der Waals surface area contributed by atoms with Gasteiger partial charge in [-0.15, -0.1) is 0 Å². The number of nitrogens with zero attached hydrogens (tertiary/aromatic N) is 3. The summed E-state index contributed by atoms with van der Waals surface area (Å²) in [6.07, 6.45) is 5.47. The van der Waals surface area contributed by atoms with E-state index in [4.69, 9.17) is 4.74 Å². The molecule has 0 amide bonds. The molecule has 0 saturated carbocycles. The number of benzene rings is 1. The SMILES string of the molecule is COc1cc(C=Cc2nc(N(C)C)ncc2Br)c(Br)cc1O. The highest BCUT2D eigenvalue weighted by atomic mass is 79.9. The Morgan fingerprint density at radius 1 is 1.18 bits per heavy atom. The summed E-state index contributed by atoms with van der Waals surface area (Å²) in [4.78, 5) is 10.5. The first kappa shape index (κ1) is 16.8. The van der Waals surface area contributed by atoms with Crippen molar-refractivity contribution < 1.29 is 9.84 Å². The summed E-state index contributed by atoms with van der Waals surface area (Å²) in [6, 6.07) is 3.34. The Morgan fingerprint density at radius 3 is 2.55 bits per heavy atom. The molecule has 0 atom stereocenters. The van der Waals surface area contributed by atoms with Crippen LogP contribution in [0.4, 0.5) is 5.95 Å². The maximum Gasteiger partial charge on any atom is 0.225 e. The van der Waals surface area contributed by atoms with Crippen molar-refractivity contribution in [1.82, 2.24) is 9.97 Å². The van der Waals surface area contributed by atoms with E-state index in [2.05, 4.69) is 41.8 Å². The fourth-order valence-corrected chi connectivity index (χ4v) is 2.51. The van der Waals surface area contributed by atoms with Crippen molar-refractivity contribution in [2.24, 2.45) is 0 Å². The molecule has 7 heteroatoms. The first-order valence-electron chi connectivity index (χ1n) is 6.37. The Hall–Kier alpha value is -1.60. The van der Waals surface area contributed by atoms with Gasteiger partial charge in [0, 0.05) is 24.8 Å². The number of ether oxygens (including phenoxy) is 1. The van der Waals surface area contributed by atoms with Gasteiger partial charge in [0.1, 0.15) is 0 Å². The zero-order chi connectivity index (χ0) is 16.3. The maximum atomic E-state index is 9.73. The molecule has 0 fully saturated rings. The molecule has 1 N–H and O–H groups in total. The molecule has 0 aliphatic rings. The lowest BCUT2D eigenvalue weighted by Crippen LogP contribution is -2.13. The van der Waals surface area contributed by atoms with Crippen LogP contribution in [-0.2, 0) is 0 Å². The normalized spacial score (nSPS) is 11.0. The van der Waals surface area contributed by atoms with Gasteiger partial charge in [0.15, 0.2) is 11.5 Å². The fourth-order valence-electron chi connectivity index (χ4n) is 1.72. The molecule has 0 saturated heterocycles. The van der Waals surface area contributed by atoms with E-state index in [0.29, 0.717) is 11.7 Å². The summed E-state index contributed by atoms with van der Waals surface area (Å²) < 4.78 is 6.69. The minimum Gasteiger partial charge on any atom is -0.504 e. The third-order valence-electron chi connectivity index (χ3n) is 2.88. The third kappa shape index (κ3) is 3.78. The smallest absolute Gasteiger partial charge is 0.225 e. The van der Waals surface area contributed by atoms with Crippen molar-refractivity contribution in [2.75, 3.05) is 26.1 Å². The molecule has 1 aromatic carbocycles. The largest absolute Gasteiger partial charge is 0.504 e. The second-order valence-electron chi connectivity index (χ2n) is 4.68. The fraction of sp³-hybridized carbons (Fsp3) is 0.200. The number of anilines is 1. The molecule has 2 rings (SSSR count). The first-order chi connectivity index (χ1) is 10.4. The highest BCUT2D eigenvalue weighted by Gasteiger charge is 2.07. The van der Waals surface area contributed by atoms with Gasteiger partial charge in [-0.25, -0.2) is 9.97 Å². The van der Waals surface area contributed by atoms with Crippen molar-refractivity contribution in [3.63, 3.8) is 0 Å². The minimum absolute atomic E-state index is 0.0876. The van der Waals surface area contributed by atoms with Crippen LogP contribution < -0.4 is 9.64 Å². The van der Waals surface area contributed by atoms with Gasteiger partial charge in [-0.05, 0) is 39.7 Å². The molecule has 0 aliphatic carbocycles. The number of halogens is 2. The van der Waals surface area contributed by atoms with Crippen molar-refractivity contribution in [2.45, 2.75) is 0 Å². The summed E-state index contributed by atoms with van der Waals surface area (Å²) in [7, 11) is 5.29. The number of methoxy groups -OCH3 is 1. The molecule has 0 aliphatic heterocycles. The Kier molecular flexibility index (Phi) is 5.42. The van der Waals surface area contributed by atoms with Crippen LogP contribution in [-0.4, -0.2) is 36.3 Å². The van der Waals surface area contributed by atoms with E-state index in [1.807, 2.05) is 31.1 Å². The zero-order valence-electron chi connectivity index (χ0n) is 12.3. The average Bonchev–Trinajstić information content (AvgIpc) is 2.47. The second kappa shape index (κ2) is 7.11. The number of hydrogen-bond acceptors (Lipinski definition) is 5. The lowest BCUT2D eigenvalue weighted by Gasteiger charge is -2.10. The summed E-state index contributed by atoms with van der Waals surface area (Å²) >= 11 is 6.86. The van der Waals surface area contributed by atoms with Gasteiger partial charge in [0.25, 0.3) is 0 Å². The van der Waals surface area contributed by atoms with Gasteiger partial charge in [-0.1, -0.05) is 22.0 Å². The average molecular weight is 429 g/mol. The molecular formula is C15H15Br2N3O2. The standard InChI is InChI=1S/C15H15Br2N3O2/c1-20(2)15-18-8-11(17)12(19-15)5-4-9-6-14(22-3)13(21)7-10(9)16/h4-8,21H,1-3H3. The number of rotatable bonds is 4. The highest BCUT2D eigenvalue weighted by molar-refractivity contribution is 9.10. The second-order valence-corrected chi connectivity index (χ2v) is 6.39. The summed E-state index contributed by atoms with van der Waals surface area (Å²) in [5, 5.41) is 9.73.